The van der Waals surface area contributed by atoms with Crippen molar-refractivity contribution in [3.8, 4) is 11.1 Å². The van der Waals surface area contributed by atoms with E-state index in [-0.39, 0.29) is 11.4 Å². The molecule has 0 amide bonds. The second-order valence-electron chi connectivity index (χ2n) is 3.33. The molecule has 0 aliphatic heterocycles. The summed E-state index contributed by atoms with van der Waals surface area (Å²) in [7, 11) is 0. The van der Waals surface area contributed by atoms with Gasteiger partial charge in [0.2, 0.25) is 5.95 Å². The number of pyridine rings is 2. The number of aromatic carboxylic acids is 1. The van der Waals surface area contributed by atoms with E-state index in [4.69, 9.17) is 10.8 Å². The Morgan fingerprint density at radius 2 is 1.94 bits per heavy atom. The molecule has 2 aromatic heterocycles. The molecule has 0 unspecified atom stereocenters. The number of nitrogens with zero attached hydrogens (tertiary/aromatic N) is 2. The Balaban J connectivity index is 2.50. The van der Waals surface area contributed by atoms with Gasteiger partial charge in [0, 0.05) is 23.5 Å². The van der Waals surface area contributed by atoms with Gasteiger partial charge in [-0.05, 0) is 18.2 Å². The number of nitrogen functional groups attached to an aromatic ring is 1. The number of hydrogen-bond acceptors (Lipinski definition) is 4. The molecule has 86 valence electrons. The summed E-state index contributed by atoms with van der Waals surface area (Å²) < 4.78 is 12.6. The molecule has 5 nitrogen and oxygen atoms in total. The fourth-order valence-corrected chi connectivity index (χ4v) is 1.35. The molecule has 0 aliphatic rings. The highest BCUT2D eigenvalue weighted by atomic mass is 19.1. The summed E-state index contributed by atoms with van der Waals surface area (Å²) in [5.74, 6) is -1.82. The molecule has 0 bridgehead atoms. The van der Waals surface area contributed by atoms with Crippen molar-refractivity contribution in [1.82, 2.24) is 9.97 Å². The Kier molecular flexibility index (Phi) is 2.70. The fraction of sp³-hybridized carbons (Fsp3) is 0. The van der Waals surface area contributed by atoms with Crippen LogP contribution in [0.2, 0.25) is 0 Å². The van der Waals surface area contributed by atoms with Gasteiger partial charge in [-0.15, -0.1) is 0 Å². The maximum absolute atomic E-state index is 12.6. The van der Waals surface area contributed by atoms with Crippen molar-refractivity contribution < 1.29 is 14.3 Å². The maximum atomic E-state index is 12.6. The average molecular weight is 233 g/mol. The van der Waals surface area contributed by atoms with Gasteiger partial charge in [-0.2, -0.15) is 4.39 Å². The lowest BCUT2D eigenvalue weighted by molar-refractivity contribution is 0.0697. The molecule has 2 aromatic rings. The lowest BCUT2D eigenvalue weighted by Crippen LogP contribution is -2.04. The van der Waals surface area contributed by atoms with Crippen LogP contribution in [0.1, 0.15) is 10.4 Å². The van der Waals surface area contributed by atoms with E-state index in [2.05, 4.69) is 9.97 Å². The number of anilines is 1. The molecule has 6 heteroatoms. The molecule has 0 aliphatic carbocycles. The predicted octanol–water partition coefficient (Wildman–Crippen LogP) is 1.56. The summed E-state index contributed by atoms with van der Waals surface area (Å²) in [6.45, 7) is 0. The zero-order valence-corrected chi connectivity index (χ0v) is 8.59. The van der Waals surface area contributed by atoms with Crippen LogP contribution < -0.4 is 5.73 Å². The summed E-state index contributed by atoms with van der Waals surface area (Å²) in [5, 5.41) is 8.89. The van der Waals surface area contributed by atoms with Crippen LogP contribution in [0, 0.1) is 5.95 Å². The zero-order chi connectivity index (χ0) is 12.4. The van der Waals surface area contributed by atoms with Gasteiger partial charge in [-0.25, -0.2) is 14.8 Å². The van der Waals surface area contributed by atoms with E-state index < -0.39 is 11.9 Å². The van der Waals surface area contributed by atoms with E-state index >= 15 is 0 Å². The first-order chi connectivity index (χ1) is 8.08. The van der Waals surface area contributed by atoms with Crippen molar-refractivity contribution in [2.75, 3.05) is 5.73 Å². The molecule has 0 saturated heterocycles. The van der Waals surface area contributed by atoms with Crippen molar-refractivity contribution in [2.45, 2.75) is 0 Å². The molecule has 3 N–H and O–H groups in total. The quantitative estimate of drug-likeness (QED) is 0.768. The highest BCUT2D eigenvalue weighted by Crippen LogP contribution is 2.21. The average Bonchev–Trinajstić information content (AvgIpc) is 2.30. The molecule has 2 rings (SSSR count). The minimum absolute atomic E-state index is 0.0590. The molecule has 0 fully saturated rings. The zero-order valence-electron chi connectivity index (χ0n) is 8.59. The van der Waals surface area contributed by atoms with Crippen LogP contribution in [0.4, 0.5) is 10.2 Å². The van der Waals surface area contributed by atoms with Crippen LogP contribution in [0.3, 0.4) is 0 Å². The molecule has 0 radical (unpaired) electrons. The fourth-order valence-electron chi connectivity index (χ4n) is 1.35. The van der Waals surface area contributed by atoms with Gasteiger partial charge >= 0.3 is 5.97 Å². The molecule has 0 saturated carbocycles. The molecule has 0 atom stereocenters. The first-order valence-electron chi connectivity index (χ1n) is 4.68. The molecule has 0 aromatic carbocycles. The van der Waals surface area contributed by atoms with Crippen LogP contribution in [0.15, 0.2) is 30.6 Å². The van der Waals surface area contributed by atoms with Crippen molar-refractivity contribution in [2.24, 2.45) is 0 Å². The monoisotopic (exact) mass is 233 g/mol. The van der Waals surface area contributed by atoms with Crippen LogP contribution in [-0.4, -0.2) is 21.0 Å². The molecule has 2 heterocycles. The number of halogens is 1. The van der Waals surface area contributed by atoms with Crippen molar-refractivity contribution in [1.29, 1.82) is 0 Å². The summed E-state index contributed by atoms with van der Waals surface area (Å²) in [5.41, 5.74) is 6.42. The molecular weight excluding hydrogens is 225 g/mol. The first kappa shape index (κ1) is 11.0. The van der Waals surface area contributed by atoms with Gasteiger partial charge in [0.25, 0.3) is 0 Å². The Hall–Kier alpha value is -2.50. The third-order valence-electron chi connectivity index (χ3n) is 2.21. The Morgan fingerprint density at radius 3 is 2.53 bits per heavy atom. The van der Waals surface area contributed by atoms with Crippen LogP contribution in [0.25, 0.3) is 11.1 Å². The lowest BCUT2D eigenvalue weighted by Gasteiger charge is -2.04. The van der Waals surface area contributed by atoms with Crippen molar-refractivity contribution >= 4 is 11.8 Å². The number of aromatic nitrogens is 2. The normalized spacial score (nSPS) is 10.2. The molecule has 17 heavy (non-hydrogen) atoms. The Labute approximate surface area is 95.8 Å². The smallest absolute Gasteiger partial charge is 0.339 e. The van der Waals surface area contributed by atoms with E-state index in [1.165, 1.54) is 30.6 Å². The minimum atomic E-state index is -1.16. The topological polar surface area (TPSA) is 89.1 Å². The van der Waals surface area contributed by atoms with E-state index in [0.29, 0.717) is 11.1 Å². The summed E-state index contributed by atoms with van der Waals surface area (Å²) >= 11 is 0. The number of carbonyl (C=O) groups is 1. The SMILES string of the molecule is Nc1ncc(-c2ccc(F)nc2)cc1C(=O)O. The number of rotatable bonds is 2. The van der Waals surface area contributed by atoms with Gasteiger partial charge in [-0.3, -0.25) is 0 Å². The van der Waals surface area contributed by atoms with E-state index in [0.717, 1.165) is 0 Å². The Bertz CT molecular complexity index is 569. The third-order valence-corrected chi connectivity index (χ3v) is 2.21. The number of hydrogen-bond donors (Lipinski definition) is 2. The van der Waals surface area contributed by atoms with Crippen LogP contribution in [-0.2, 0) is 0 Å². The summed E-state index contributed by atoms with van der Waals surface area (Å²) in [6.07, 6.45) is 2.71. The van der Waals surface area contributed by atoms with Gasteiger partial charge in [0.05, 0.1) is 0 Å². The van der Waals surface area contributed by atoms with Crippen LogP contribution >= 0.6 is 0 Å². The minimum Gasteiger partial charge on any atom is -0.478 e. The van der Waals surface area contributed by atoms with Crippen LogP contribution in [0.5, 0.6) is 0 Å². The second kappa shape index (κ2) is 4.17. The summed E-state index contributed by atoms with van der Waals surface area (Å²) in [6, 6.07) is 4.05. The van der Waals surface area contributed by atoms with E-state index in [1.54, 1.807) is 0 Å². The molecule has 0 spiro atoms. The van der Waals surface area contributed by atoms with Crippen molar-refractivity contribution in [3.05, 3.63) is 42.1 Å². The van der Waals surface area contributed by atoms with Gasteiger partial charge in [-0.1, -0.05) is 0 Å². The van der Waals surface area contributed by atoms with Gasteiger partial charge in [0.15, 0.2) is 0 Å². The standard InChI is InChI=1S/C11H8FN3O2/c12-9-2-1-6(4-14-9)7-3-8(11(16)17)10(13)15-5-7/h1-5H,(H2,13,15)(H,16,17). The molecular formula is C11H8FN3O2. The first-order valence-corrected chi connectivity index (χ1v) is 4.68. The highest BCUT2D eigenvalue weighted by molar-refractivity contribution is 5.94. The Morgan fingerprint density at radius 1 is 1.24 bits per heavy atom. The largest absolute Gasteiger partial charge is 0.478 e. The third kappa shape index (κ3) is 2.20. The second-order valence-corrected chi connectivity index (χ2v) is 3.33. The lowest BCUT2D eigenvalue weighted by atomic mass is 10.1. The van der Waals surface area contributed by atoms with E-state index in [9.17, 15) is 9.18 Å². The van der Waals surface area contributed by atoms with Crippen molar-refractivity contribution in [3.63, 3.8) is 0 Å². The number of carboxylic acid groups (broad SMARTS) is 1. The number of nitrogens with two attached hydrogens (primary N) is 1. The highest BCUT2D eigenvalue weighted by Gasteiger charge is 2.11. The summed E-state index contributed by atoms with van der Waals surface area (Å²) in [4.78, 5) is 18.1. The van der Waals surface area contributed by atoms with Gasteiger partial charge < -0.3 is 10.8 Å². The predicted molar refractivity (Wildman–Crippen MR) is 58.8 cm³/mol. The number of carboxylic acids is 1. The maximum Gasteiger partial charge on any atom is 0.339 e. The van der Waals surface area contributed by atoms with Gasteiger partial charge in [0.1, 0.15) is 11.4 Å². The van der Waals surface area contributed by atoms with E-state index in [1.807, 2.05) is 0 Å².